The first kappa shape index (κ1) is 13.1. The van der Waals surface area contributed by atoms with Gasteiger partial charge in [-0.05, 0) is 29.1 Å². The number of nitrogens with one attached hydrogen (secondary N) is 1. The molecule has 15 heavy (non-hydrogen) atoms. The van der Waals surface area contributed by atoms with Crippen molar-refractivity contribution in [2.45, 2.75) is 31.7 Å². The summed E-state index contributed by atoms with van der Waals surface area (Å²) in [4.78, 5) is 0. The fourth-order valence-corrected chi connectivity index (χ4v) is 1.82. The SMILES string of the molecule is CSC(C)CNC(C)Cn1cc(Br)cn1. The fraction of sp³-hybridized carbons (Fsp3) is 0.700. The lowest BCUT2D eigenvalue weighted by Gasteiger charge is -2.16. The zero-order chi connectivity index (χ0) is 11.3. The van der Waals surface area contributed by atoms with Gasteiger partial charge in [0.1, 0.15) is 0 Å². The summed E-state index contributed by atoms with van der Waals surface area (Å²) in [5.74, 6) is 0. The van der Waals surface area contributed by atoms with Crippen LogP contribution in [0.2, 0.25) is 0 Å². The Hall–Kier alpha value is -0.0000000000000000555. The van der Waals surface area contributed by atoms with Crippen LogP contribution < -0.4 is 5.32 Å². The molecule has 0 aliphatic carbocycles. The van der Waals surface area contributed by atoms with E-state index < -0.39 is 0 Å². The van der Waals surface area contributed by atoms with E-state index >= 15 is 0 Å². The van der Waals surface area contributed by atoms with Crippen LogP contribution in [0.25, 0.3) is 0 Å². The quantitative estimate of drug-likeness (QED) is 0.873. The smallest absolute Gasteiger partial charge is 0.0632 e. The molecule has 0 saturated heterocycles. The lowest BCUT2D eigenvalue weighted by molar-refractivity contribution is 0.454. The van der Waals surface area contributed by atoms with Crippen LogP contribution in [0, 0.1) is 0 Å². The van der Waals surface area contributed by atoms with E-state index in [-0.39, 0.29) is 0 Å². The molecule has 0 fully saturated rings. The second-order valence-corrected chi connectivity index (χ2v) is 5.93. The molecule has 0 radical (unpaired) electrons. The zero-order valence-corrected chi connectivity index (χ0v) is 11.8. The lowest BCUT2D eigenvalue weighted by atomic mass is 10.3. The molecule has 2 unspecified atom stereocenters. The maximum atomic E-state index is 4.23. The Morgan fingerprint density at radius 1 is 1.60 bits per heavy atom. The average molecular weight is 292 g/mol. The predicted octanol–water partition coefficient (Wildman–Crippen LogP) is 2.38. The van der Waals surface area contributed by atoms with E-state index in [1.165, 1.54) is 0 Å². The maximum absolute atomic E-state index is 4.23. The first-order valence-corrected chi connectivity index (χ1v) is 7.14. The summed E-state index contributed by atoms with van der Waals surface area (Å²) in [5, 5.41) is 8.39. The molecule has 0 aliphatic rings. The van der Waals surface area contributed by atoms with Crippen molar-refractivity contribution in [3.05, 3.63) is 16.9 Å². The second kappa shape index (κ2) is 6.55. The number of aromatic nitrogens is 2. The molecule has 0 bridgehead atoms. The Kier molecular flexibility index (Phi) is 5.71. The number of thioether (sulfide) groups is 1. The maximum Gasteiger partial charge on any atom is 0.0632 e. The third kappa shape index (κ3) is 5.04. The minimum absolute atomic E-state index is 0.450. The molecule has 1 rings (SSSR count). The summed E-state index contributed by atoms with van der Waals surface area (Å²) in [6.45, 7) is 6.37. The van der Waals surface area contributed by atoms with E-state index in [0.717, 1.165) is 17.6 Å². The summed E-state index contributed by atoms with van der Waals surface area (Å²) in [5.41, 5.74) is 0. The molecule has 1 aromatic heterocycles. The number of nitrogens with zero attached hydrogens (tertiary/aromatic N) is 2. The lowest BCUT2D eigenvalue weighted by Crippen LogP contribution is -2.34. The largest absolute Gasteiger partial charge is 0.311 e. The summed E-state index contributed by atoms with van der Waals surface area (Å²) >= 11 is 5.27. The molecule has 3 nitrogen and oxygen atoms in total. The van der Waals surface area contributed by atoms with Gasteiger partial charge < -0.3 is 5.32 Å². The highest BCUT2D eigenvalue weighted by Gasteiger charge is 2.05. The van der Waals surface area contributed by atoms with Gasteiger partial charge in [-0.3, -0.25) is 4.68 Å². The molecular weight excluding hydrogens is 274 g/mol. The number of hydrogen-bond donors (Lipinski definition) is 1. The van der Waals surface area contributed by atoms with Crippen molar-refractivity contribution in [2.75, 3.05) is 12.8 Å². The van der Waals surface area contributed by atoms with E-state index in [0.29, 0.717) is 11.3 Å². The Morgan fingerprint density at radius 3 is 2.87 bits per heavy atom. The van der Waals surface area contributed by atoms with Gasteiger partial charge in [0.2, 0.25) is 0 Å². The Balaban J connectivity index is 2.27. The Morgan fingerprint density at radius 2 is 2.33 bits per heavy atom. The van der Waals surface area contributed by atoms with Gasteiger partial charge in [-0.15, -0.1) is 0 Å². The van der Waals surface area contributed by atoms with E-state index in [9.17, 15) is 0 Å². The summed E-state index contributed by atoms with van der Waals surface area (Å²) in [6, 6.07) is 0.450. The fourth-order valence-electron chi connectivity index (χ4n) is 1.23. The van der Waals surface area contributed by atoms with Crippen molar-refractivity contribution in [3.8, 4) is 0 Å². The highest BCUT2D eigenvalue weighted by atomic mass is 79.9. The molecule has 1 heterocycles. The highest BCUT2D eigenvalue weighted by Crippen LogP contribution is 2.07. The van der Waals surface area contributed by atoms with Crippen molar-refractivity contribution in [1.29, 1.82) is 0 Å². The molecule has 5 heteroatoms. The molecule has 86 valence electrons. The molecule has 2 atom stereocenters. The van der Waals surface area contributed by atoms with Crippen LogP contribution in [0.5, 0.6) is 0 Å². The summed E-state index contributed by atoms with van der Waals surface area (Å²) < 4.78 is 2.98. The van der Waals surface area contributed by atoms with E-state index in [1.54, 1.807) is 0 Å². The van der Waals surface area contributed by atoms with Crippen LogP contribution in [0.1, 0.15) is 13.8 Å². The van der Waals surface area contributed by atoms with Gasteiger partial charge in [-0.1, -0.05) is 6.92 Å². The third-order valence-corrected chi connectivity index (χ3v) is 3.60. The van der Waals surface area contributed by atoms with E-state index in [2.05, 4.69) is 46.4 Å². The monoisotopic (exact) mass is 291 g/mol. The van der Waals surface area contributed by atoms with Crippen molar-refractivity contribution in [2.24, 2.45) is 0 Å². The van der Waals surface area contributed by atoms with E-state index in [4.69, 9.17) is 0 Å². The molecule has 0 aromatic carbocycles. The van der Waals surface area contributed by atoms with E-state index in [1.807, 2.05) is 28.8 Å². The summed E-state index contributed by atoms with van der Waals surface area (Å²) in [7, 11) is 0. The van der Waals surface area contributed by atoms with Crippen molar-refractivity contribution in [3.63, 3.8) is 0 Å². The molecule has 0 spiro atoms. The molecule has 0 aliphatic heterocycles. The van der Waals surface area contributed by atoms with Gasteiger partial charge in [0.15, 0.2) is 0 Å². The first-order chi connectivity index (χ1) is 7.11. The van der Waals surface area contributed by atoms with Crippen LogP contribution in [0.3, 0.4) is 0 Å². The van der Waals surface area contributed by atoms with Crippen molar-refractivity contribution < 1.29 is 0 Å². The number of hydrogen-bond acceptors (Lipinski definition) is 3. The minimum atomic E-state index is 0.450. The van der Waals surface area contributed by atoms with Crippen LogP contribution >= 0.6 is 27.7 Å². The van der Waals surface area contributed by atoms with Crippen LogP contribution in [-0.2, 0) is 6.54 Å². The highest BCUT2D eigenvalue weighted by molar-refractivity contribution is 9.10. The van der Waals surface area contributed by atoms with Gasteiger partial charge in [-0.25, -0.2) is 0 Å². The summed E-state index contributed by atoms with van der Waals surface area (Å²) in [6.07, 6.45) is 5.95. The van der Waals surface area contributed by atoms with Gasteiger partial charge in [0.25, 0.3) is 0 Å². The third-order valence-electron chi connectivity index (χ3n) is 2.22. The second-order valence-electron chi connectivity index (χ2n) is 3.74. The molecule has 1 N–H and O–H groups in total. The zero-order valence-electron chi connectivity index (χ0n) is 9.40. The Labute approximate surface area is 104 Å². The number of halogens is 1. The molecule has 1 aromatic rings. The minimum Gasteiger partial charge on any atom is -0.311 e. The molecule has 0 amide bonds. The van der Waals surface area contributed by atoms with Gasteiger partial charge in [0.05, 0.1) is 17.2 Å². The topological polar surface area (TPSA) is 29.9 Å². The van der Waals surface area contributed by atoms with Crippen LogP contribution in [-0.4, -0.2) is 33.9 Å². The van der Waals surface area contributed by atoms with Gasteiger partial charge in [0, 0.05) is 24.0 Å². The standard InChI is InChI=1S/C10H18BrN3S/c1-8(12-4-9(2)15-3)6-14-7-10(11)5-13-14/h5,7-9,12H,4,6H2,1-3H3. The van der Waals surface area contributed by atoms with Crippen LogP contribution in [0.15, 0.2) is 16.9 Å². The normalized spacial score (nSPS) is 15.2. The number of rotatable bonds is 6. The Bertz CT molecular complexity index is 290. The van der Waals surface area contributed by atoms with Gasteiger partial charge >= 0.3 is 0 Å². The van der Waals surface area contributed by atoms with Crippen molar-refractivity contribution >= 4 is 27.7 Å². The first-order valence-electron chi connectivity index (χ1n) is 5.06. The van der Waals surface area contributed by atoms with Crippen molar-refractivity contribution in [1.82, 2.24) is 15.1 Å². The predicted molar refractivity (Wildman–Crippen MR) is 70.4 cm³/mol. The average Bonchev–Trinajstić information content (AvgIpc) is 2.60. The van der Waals surface area contributed by atoms with Crippen LogP contribution in [0.4, 0.5) is 0 Å². The van der Waals surface area contributed by atoms with Gasteiger partial charge in [-0.2, -0.15) is 16.9 Å². The molecular formula is C10H18BrN3S. The molecule has 0 saturated carbocycles.